The Bertz CT molecular complexity index is 37.1. The first-order valence-electron chi connectivity index (χ1n) is 2.26. The fourth-order valence-electron chi connectivity index (χ4n) is 0.249. The van der Waals surface area contributed by atoms with Crippen molar-refractivity contribution in [3.8, 4) is 0 Å². The average Bonchev–Trinajstić information content (AvgIpc) is 1.61. The molecule has 0 aliphatic carbocycles. The van der Waals surface area contributed by atoms with Gasteiger partial charge in [0.05, 0.1) is 0 Å². The van der Waals surface area contributed by atoms with Crippen LogP contribution in [0.5, 0.6) is 0 Å². The minimum absolute atomic E-state index is 0. The van der Waals surface area contributed by atoms with Crippen LogP contribution in [0, 0.1) is 0 Å². The van der Waals surface area contributed by atoms with Gasteiger partial charge < -0.3 is 4.79 Å². The van der Waals surface area contributed by atoms with Crippen LogP contribution in [0.4, 0.5) is 0 Å². The van der Waals surface area contributed by atoms with Gasteiger partial charge in [0.15, 0.2) is 0 Å². The molecule has 0 aliphatic rings. The first-order chi connectivity index (χ1) is 2.91. The average molecular weight is 136 g/mol. The Morgan fingerprint density at radius 1 is 1.57 bits per heavy atom. The van der Waals surface area contributed by atoms with Crippen LogP contribution in [0.1, 0.15) is 26.2 Å². The topological polar surface area (TPSA) is 17.1 Å². The molecule has 0 rings (SSSR count). The summed E-state index contributed by atoms with van der Waals surface area (Å²) in [4.78, 5) is 9.44. The summed E-state index contributed by atoms with van der Waals surface area (Å²) in [5.74, 6) is 0. The summed E-state index contributed by atoms with van der Waals surface area (Å²) in [6.07, 6.45) is 4.51. The minimum Gasteiger partial charge on any atom is -0.542 e. The molecule has 2 heteroatoms. The van der Waals surface area contributed by atoms with Crippen molar-refractivity contribution < 1.29 is 23.4 Å². The molecule has 0 unspecified atom stereocenters. The maximum atomic E-state index is 9.44. The molecule has 0 heterocycles. The van der Waals surface area contributed by atoms with E-state index in [9.17, 15) is 4.79 Å². The van der Waals surface area contributed by atoms with Crippen LogP contribution in [0.3, 0.4) is 0 Å². The van der Waals surface area contributed by atoms with E-state index in [1.807, 2.05) is 6.29 Å². The van der Waals surface area contributed by atoms with Crippen molar-refractivity contribution in [3.05, 3.63) is 0 Å². The molecular weight excluding hydrogens is 127 g/mol. The van der Waals surface area contributed by atoms with Gasteiger partial charge in [-0.05, 0) is 0 Å². The molecule has 41 valence electrons. The summed E-state index contributed by atoms with van der Waals surface area (Å²) >= 11 is 0. The molecule has 1 radical (unpaired) electrons. The second-order valence-corrected chi connectivity index (χ2v) is 1.25. The largest absolute Gasteiger partial charge is 0.542 e. The SMILES string of the molecule is CCCC[C-]=O.[V]. The third-order valence-electron chi connectivity index (χ3n) is 0.632. The zero-order valence-electron chi connectivity index (χ0n) is 4.48. The molecule has 0 aromatic carbocycles. The normalized spacial score (nSPS) is 7.00. The van der Waals surface area contributed by atoms with Crippen molar-refractivity contribution in [1.82, 2.24) is 0 Å². The number of carbonyl (C=O) groups excluding carboxylic acids is 1. The second-order valence-electron chi connectivity index (χ2n) is 1.25. The van der Waals surface area contributed by atoms with Gasteiger partial charge in [-0.3, -0.25) is 6.29 Å². The molecule has 0 aromatic rings. The molecule has 1 nitrogen and oxygen atoms in total. The summed E-state index contributed by atoms with van der Waals surface area (Å²) in [5, 5.41) is 0. The van der Waals surface area contributed by atoms with Crippen molar-refractivity contribution >= 4 is 6.29 Å². The molecule has 0 fully saturated rings. The Kier molecular flexibility index (Phi) is 14.0. The number of unbranched alkanes of at least 4 members (excludes halogenated alkanes) is 2. The zero-order chi connectivity index (χ0) is 4.83. The van der Waals surface area contributed by atoms with Gasteiger partial charge >= 0.3 is 0 Å². The van der Waals surface area contributed by atoms with Gasteiger partial charge in [0, 0.05) is 18.6 Å². The molecule has 0 aliphatic heterocycles. The molecule has 0 N–H and O–H groups in total. The van der Waals surface area contributed by atoms with E-state index in [0.717, 1.165) is 12.8 Å². The molecule has 0 saturated heterocycles. The van der Waals surface area contributed by atoms with Crippen LogP contribution in [-0.4, -0.2) is 6.29 Å². The van der Waals surface area contributed by atoms with E-state index in [1.165, 1.54) is 0 Å². The predicted molar refractivity (Wildman–Crippen MR) is 25.2 cm³/mol. The summed E-state index contributed by atoms with van der Waals surface area (Å²) in [6, 6.07) is 0. The molecular formula is C5H9OV-. The van der Waals surface area contributed by atoms with Crippen LogP contribution < -0.4 is 0 Å². The molecule has 0 atom stereocenters. The fourth-order valence-corrected chi connectivity index (χ4v) is 0.249. The van der Waals surface area contributed by atoms with E-state index in [2.05, 4.69) is 6.92 Å². The minimum atomic E-state index is 0. The molecule has 7 heavy (non-hydrogen) atoms. The maximum absolute atomic E-state index is 9.44. The summed E-state index contributed by atoms with van der Waals surface area (Å²) in [5.41, 5.74) is 0. The molecule has 0 bridgehead atoms. The first kappa shape index (κ1) is 10.3. The molecule has 0 aromatic heterocycles. The molecule has 0 saturated carbocycles. The first-order valence-corrected chi connectivity index (χ1v) is 2.26. The Labute approximate surface area is 56.4 Å². The zero-order valence-corrected chi connectivity index (χ0v) is 5.87. The van der Waals surface area contributed by atoms with Gasteiger partial charge in [0.2, 0.25) is 0 Å². The van der Waals surface area contributed by atoms with Crippen molar-refractivity contribution in [2.45, 2.75) is 26.2 Å². The van der Waals surface area contributed by atoms with Gasteiger partial charge in [-0.15, -0.1) is 0 Å². The van der Waals surface area contributed by atoms with Crippen LogP contribution >= 0.6 is 0 Å². The number of rotatable bonds is 3. The molecule has 0 spiro atoms. The quantitative estimate of drug-likeness (QED) is 0.422. The number of hydrogen-bond donors (Lipinski definition) is 0. The van der Waals surface area contributed by atoms with Crippen LogP contribution in [0.25, 0.3) is 0 Å². The van der Waals surface area contributed by atoms with Crippen molar-refractivity contribution in [2.24, 2.45) is 0 Å². The van der Waals surface area contributed by atoms with E-state index in [4.69, 9.17) is 0 Å². The van der Waals surface area contributed by atoms with Gasteiger partial charge in [-0.1, -0.05) is 19.8 Å². The number of hydrogen-bond acceptors (Lipinski definition) is 1. The van der Waals surface area contributed by atoms with Gasteiger partial charge in [-0.25, -0.2) is 0 Å². The van der Waals surface area contributed by atoms with E-state index < -0.39 is 0 Å². The second kappa shape index (κ2) is 9.54. The summed E-state index contributed by atoms with van der Waals surface area (Å²) < 4.78 is 0. The van der Waals surface area contributed by atoms with Crippen molar-refractivity contribution in [2.75, 3.05) is 0 Å². The van der Waals surface area contributed by atoms with Crippen LogP contribution in [0.15, 0.2) is 0 Å². The van der Waals surface area contributed by atoms with Crippen LogP contribution in [0.2, 0.25) is 0 Å². The smallest absolute Gasteiger partial charge is 0 e. The van der Waals surface area contributed by atoms with E-state index in [1.54, 1.807) is 0 Å². The van der Waals surface area contributed by atoms with E-state index in [-0.39, 0.29) is 18.6 Å². The molecule has 0 amide bonds. The standard InChI is InChI=1S/C5H9O.V/c1-2-3-4-5-6;/h2-4H2,1H3;/q-1;. The van der Waals surface area contributed by atoms with Gasteiger partial charge in [0.25, 0.3) is 0 Å². The summed E-state index contributed by atoms with van der Waals surface area (Å²) in [6.45, 7) is 2.05. The van der Waals surface area contributed by atoms with Crippen LogP contribution in [-0.2, 0) is 23.4 Å². The van der Waals surface area contributed by atoms with Crippen molar-refractivity contribution in [3.63, 3.8) is 0 Å². The summed E-state index contributed by atoms with van der Waals surface area (Å²) in [7, 11) is 0. The van der Waals surface area contributed by atoms with E-state index in [0.29, 0.717) is 6.42 Å². The van der Waals surface area contributed by atoms with E-state index >= 15 is 0 Å². The van der Waals surface area contributed by atoms with Gasteiger partial charge in [-0.2, -0.15) is 6.42 Å². The third-order valence-corrected chi connectivity index (χ3v) is 0.632. The Balaban J connectivity index is 0. The van der Waals surface area contributed by atoms with Crippen molar-refractivity contribution in [1.29, 1.82) is 0 Å². The Morgan fingerprint density at radius 2 is 2.14 bits per heavy atom. The van der Waals surface area contributed by atoms with Gasteiger partial charge in [0.1, 0.15) is 0 Å². The monoisotopic (exact) mass is 136 g/mol. The fraction of sp³-hybridized carbons (Fsp3) is 0.800. The Morgan fingerprint density at radius 3 is 2.29 bits per heavy atom. The predicted octanol–water partition coefficient (Wildman–Crippen LogP) is 1.28. The maximum Gasteiger partial charge on any atom is 0 e. The Hall–Kier alpha value is 0.254. The third kappa shape index (κ3) is 10.7.